The molecule has 0 amide bonds. The number of nitrogens with zero attached hydrogens (tertiary/aromatic N) is 1. The zero-order chi connectivity index (χ0) is 12.6. The largest absolute Gasteiger partial charge is 0.407 e. The van der Waals surface area contributed by atoms with Crippen LogP contribution < -0.4 is 5.73 Å². The van der Waals surface area contributed by atoms with Crippen LogP contribution in [-0.2, 0) is 0 Å². The molecule has 2 aromatic rings. The third kappa shape index (κ3) is 2.35. The van der Waals surface area contributed by atoms with Crippen molar-refractivity contribution in [1.82, 2.24) is 4.98 Å². The van der Waals surface area contributed by atoms with Crippen LogP contribution in [0, 0.1) is 0 Å². The molecule has 90 valence electrons. The van der Waals surface area contributed by atoms with Gasteiger partial charge in [0.1, 0.15) is 11.2 Å². The van der Waals surface area contributed by atoms with E-state index >= 15 is 0 Å². The number of rotatable bonds is 1. The Morgan fingerprint density at radius 1 is 1.24 bits per heavy atom. The fraction of sp³-hybridized carbons (Fsp3) is 0.182. The Morgan fingerprint density at radius 3 is 2.53 bits per heavy atom. The van der Waals surface area contributed by atoms with Crippen molar-refractivity contribution < 1.29 is 13.2 Å². The molecule has 1 atom stereocenters. The van der Waals surface area contributed by atoms with E-state index in [0.717, 1.165) is 0 Å². The molecule has 2 rings (SSSR count). The van der Waals surface area contributed by atoms with Gasteiger partial charge in [-0.05, 0) is 12.1 Å². The number of hydrogen-bond donors (Lipinski definition) is 1. The SMILES string of the molecule is N[C@H](c1cc2ccccc2nc1Cl)C(F)(F)F. The lowest BCUT2D eigenvalue weighted by atomic mass is 10.1. The van der Waals surface area contributed by atoms with Crippen molar-refractivity contribution in [2.24, 2.45) is 5.73 Å². The maximum atomic E-state index is 12.5. The minimum atomic E-state index is -4.53. The van der Waals surface area contributed by atoms with E-state index in [1.165, 1.54) is 6.07 Å². The monoisotopic (exact) mass is 260 g/mol. The van der Waals surface area contributed by atoms with Crippen molar-refractivity contribution in [2.45, 2.75) is 12.2 Å². The summed E-state index contributed by atoms with van der Waals surface area (Å²) >= 11 is 5.71. The van der Waals surface area contributed by atoms with E-state index in [1.807, 2.05) is 0 Å². The first-order chi connectivity index (χ1) is 7.89. The predicted octanol–water partition coefficient (Wildman–Crippen LogP) is 3.45. The third-order valence-corrected chi connectivity index (χ3v) is 2.70. The minimum absolute atomic E-state index is 0.210. The number of para-hydroxylation sites is 1. The van der Waals surface area contributed by atoms with E-state index in [0.29, 0.717) is 10.9 Å². The molecule has 0 aliphatic carbocycles. The second-order valence-corrected chi connectivity index (χ2v) is 3.94. The molecule has 0 unspecified atom stereocenters. The first kappa shape index (κ1) is 12.1. The number of aromatic nitrogens is 1. The van der Waals surface area contributed by atoms with Crippen LogP contribution in [-0.4, -0.2) is 11.2 Å². The maximum absolute atomic E-state index is 12.5. The standard InChI is InChI=1S/C11H8ClF3N2/c12-10-7(9(16)11(13,14)15)5-6-3-1-2-4-8(6)17-10/h1-5,9H,16H2/t9-/m1/s1. The summed E-state index contributed by atoms with van der Waals surface area (Å²) in [6.07, 6.45) is -4.53. The molecular formula is C11H8ClF3N2. The Balaban J connectivity index is 2.58. The van der Waals surface area contributed by atoms with Gasteiger partial charge in [-0.25, -0.2) is 4.98 Å². The van der Waals surface area contributed by atoms with Crippen LogP contribution in [0.1, 0.15) is 11.6 Å². The lowest BCUT2D eigenvalue weighted by molar-refractivity contribution is -0.149. The minimum Gasteiger partial charge on any atom is -0.316 e. The third-order valence-electron chi connectivity index (χ3n) is 2.39. The Labute approximate surface area is 100 Å². The van der Waals surface area contributed by atoms with Crippen molar-refractivity contribution in [1.29, 1.82) is 0 Å². The number of halogens is 4. The Kier molecular flexibility index (Phi) is 2.97. The van der Waals surface area contributed by atoms with Gasteiger partial charge in [0.2, 0.25) is 0 Å². The fourth-order valence-electron chi connectivity index (χ4n) is 1.50. The molecule has 1 heterocycles. The van der Waals surface area contributed by atoms with E-state index in [2.05, 4.69) is 4.98 Å². The number of fused-ring (bicyclic) bond motifs is 1. The lowest BCUT2D eigenvalue weighted by Gasteiger charge is -2.17. The summed E-state index contributed by atoms with van der Waals surface area (Å²) in [6.45, 7) is 0. The smallest absolute Gasteiger partial charge is 0.316 e. The Hall–Kier alpha value is -1.33. The lowest BCUT2D eigenvalue weighted by Crippen LogP contribution is -2.28. The summed E-state index contributed by atoms with van der Waals surface area (Å²) in [4.78, 5) is 3.90. The van der Waals surface area contributed by atoms with E-state index in [1.54, 1.807) is 24.3 Å². The zero-order valence-electron chi connectivity index (χ0n) is 8.50. The summed E-state index contributed by atoms with van der Waals surface area (Å²) in [7, 11) is 0. The Bertz CT molecular complexity index is 554. The number of benzene rings is 1. The van der Waals surface area contributed by atoms with Crippen LogP contribution >= 0.6 is 11.6 Å². The molecule has 0 spiro atoms. The molecule has 0 saturated heterocycles. The molecule has 1 aromatic carbocycles. The molecular weight excluding hydrogens is 253 g/mol. The van der Waals surface area contributed by atoms with Gasteiger partial charge in [-0.3, -0.25) is 0 Å². The molecule has 2 N–H and O–H groups in total. The van der Waals surface area contributed by atoms with Crippen LogP contribution in [0.3, 0.4) is 0 Å². The van der Waals surface area contributed by atoms with Gasteiger partial charge in [0, 0.05) is 10.9 Å². The van der Waals surface area contributed by atoms with Crippen molar-refractivity contribution in [2.75, 3.05) is 0 Å². The van der Waals surface area contributed by atoms with E-state index < -0.39 is 12.2 Å². The van der Waals surface area contributed by atoms with Gasteiger partial charge in [0.05, 0.1) is 5.52 Å². The average Bonchev–Trinajstić information content (AvgIpc) is 2.26. The predicted molar refractivity (Wildman–Crippen MR) is 59.7 cm³/mol. The summed E-state index contributed by atoms with van der Waals surface area (Å²) in [6, 6.07) is 5.97. The van der Waals surface area contributed by atoms with Crippen LogP contribution in [0.15, 0.2) is 30.3 Å². The quantitative estimate of drug-likeness (QED) is 0.798. The van der Waals surface area contributed by atoms with Gasteiger partial charge in [0.25, 0.3) is 0 Å². The molecule has 1 aromatic heterocycles. The molecule has 0 aliphatic rings. The molecule has 0 aliphatic heterocycles. The topological polar surface area (TPSA) is 38.9 Å². The number of hydrogen-bond acceptors (Lipinski definition) is 2. The Morgan fingerprint density at radius 2 is 1.88 bits per heavy atom. The summed E-state index contributed by atoms with van der Waals surface area (Å²) in [5.41, 5.74) is 5.44. The van der Waals surface area contributed by atoms with Gasteiger partial charge in [0.15, 0.2) is 0 Å². The highest BCUT2D eigenvalue weighted by Crippen LogP contribution is 2.34. The van der Waals surface area contributed by atoms with Crippen LogP contribution in [0.4, 0.5) is 13.2 Å². The van der Waals surface area contributed by atoms with E-state index in [9.17, 15) is 13.2 Å². The molecule has 6 heteroatoms. The van der Waals surface area contributed by atoms with E-state index in [-0.39, 0.29) is 10.7 Å². The molecule has 0 radical (unpaired) electrons. The normalized spacial score (nSPS) is 13.9. The molecule has 0 bridgehead atoms. The fourth-order valence-corrected chi connectivity index (χ4v) is 1.77. The average molecular weight is 261 g/mol. The van der Waals surface area contributed by atoms with Gasteiger partial charge in [-0.1, -0.05) is 29.8 Å². The first-order valence-electron chi connectivity index (χ1n) is 4.77. The number of pyridine rings is 1. The van der Waals surface area contributed by atoms with E-state index in [4.69, 9.17) is 17.3 Å². The van der Waals surface area contributed by atoms with Crippen molar-refractivity contribution >= 4 is 22.5 Å². The first-order valence-corrected chi connectivity index (χ1v) is 5.15. The second-order valence-electron chi connectivity index (χ2n) is 3.58. The zero-order valence-corrected chi connectivity index (χ0v) is 9.26. The summed E-state index contributed by atoms with van der Waals surface area (Å²) < 4.78 is 37.5. The van der Waals surface area contributed by atoms with Crippen molar-refractivity contribution in [3.63, 3.8) is 0 Å². The molecule has 0 saturated carbocycles. The summed E-state index contributed by atoms with van der Waals surface area (Å²) in [5.74, 6) is 0. The highest BCUT2D eigenvalue weighted by atomic mass is 35.5. The highest BCUT2D eigenvalue weighted by molar-refractivity contribution is 6.30. The van der Waals surface area contributed by atoms with Crippen LogP contribution in [0.25, 0.3) is 10.9 Å². The van der Waals surface area contributed by atoms with Gasteiger partial charge < -0.3 is 5.73 Å². The molecule has 0 fully saturated rings. The van der Waals surface area contributed by atoms with Gasteiger partial charge >= 0.3 is 6.18 Å². The number of nitrogens with two attached hydrogens (primary N) is 1. The van der Waals surface area contributed by atoms with Crippen molar-refractivity contribution in [3.8, 4) is 0 Å². The number of alkyl halides is 3. The summed E-state index contributed by atoms with van der Waals surface area (Å²) in [5, 5.41) is 0.361. The second kappa shape index (κ2) is 4.16. The maximum Gasteiger partial charge on any atom is 0.407 e. The molecule has 17 heavy (non-hydrogen) atoms. The van der Waals surface area contributed by atoms with Gasteiger partial charge in [-0.15, -0.1) is 0 Å². The highest BCUT2D eigenvalue weighted by Gasteiger charge is 2.39. The molecule has 2 nitrogen and oxygen atoms in total. The van der Waals surface area contributed by atoms with Gasteiger partial charge in [-0.2, -0.15) is 13.2 Å². The van der Waals surface area contributed by atoms with Crippen molar-refractivity contribution in [3.05, 3.63) is 41.0 Å². The van der Waals surface area contributed by atoms with Crippen LogP contribution in [0.2, 0.25) is 5.15 Å². The van der Waals surface area contributed by atoms with Crippen LogP contribution in [0.5, 0.6) is 0 Å².